The third kappa shape index (κ3) is 5.38. The molecule has 1 aromatic rings. The Hall–Kier alpha value is -1.99. The van der Waals surface area contributed by atoms with Crippen LogP contribution in [0.1, 0.15) is 64.1 Å². The zero-order chi connectivity index (χ0) is 21.7. The molecule has 2 heterocycles. The lowest BCUT2D eigenvalue weighted by molar-refractivity contribution is -0.132. The van der Waals surface area contributed by atoms with Gasteiger partial charge in [0.25, 0.3) is 0 Å². The van der Waals surface area contributed by atoms with E-state index in [1.807, 2.05) is 6.92 Å². The van der Waals surface area contributed by atoms with Gasteiger partial charge in [-0.15, -0.1) is 0 Å². The van der Waals surface area contributed by atoms with Crippen molar-refractivity contribution < 1.29 is 14.3 Å². The quantitative estimate of drug-likeness (QED) is 0.380. The van der Waals surface area contributed by atoms with E-state index in [1.54, 1.807) is 6.07 Å². The molecular weight excluding hydrogens is 404 g/mol. The third-order valence-corrected chi connectivity index (χ3v) is 6.19. The predicted octanol–water partition coefficient (Wildman–Crippen LogP) is 3.40. The van der Waals surface area contributed by atoms with Crippen molar-refractivity contribution in [2.45, 2.75) is 64.3 Å². The van der Waals surface area contributed by atoms with E-state index in [0.29, 0.717) is 43.4 Å². The summed E-state index contributed by atoms with van der Waals surface area (Å²) in [6.07, 6.45) is 6.18. The summed E-state index contributed by atoms with van der Waals surface area (Å²) in [7, 11) is 2.08. The van der Waals surface area contributed by atoms with Crippen LogP contribution in [-0.4, -0.2) is 52.7 Å². The van der Waals surface area contributed by atoms with Gasteiger partial charge in [-0.3, -0.25) is 9.59 Å². The van der Waals surface area contributed by atoms with Gasteiger partial charge in [0.05, 0.1) is 11.6 Å². The second-order valence-corrected chi connectivity index (χ2v) is 8.60. The highest BCUT2D eigenvalue weighted by Crippen LogP contribution is 2.28. The molecule has 3 rings (SSSR count). The summed E-state index contributed by atoms with van der Waals surface area (Å²) in [6.45, 7) is 3.53. The van der Waals surface area contributed by atoms with Gasteiger partial charge >= 0.3 is 0 Å². The summed E-state index contributed by atoms with van der Waals surface area (Å²) in [5, 5.41) is 0.203. The second-order valence-electron chi connectivity index (χ2n) is 8.21. The fraction of sp³-hybridized carbons (Fsp3) is 0.636. The van der Waals surface area contributed by atoms with E-state index in [9.17, 15) is 9.59 Å². The van der Waals surface area contributed by atoms with Crippen LogP contribution in [0.15, 0.2) is 11.6 Å². The lowest BCUT2D eigenvalue weighted by atomic mass is 9.81. The van der Waals surface area contributed by atoms with Gasteiger partial charge in [0.1, 0.15) is 17.5 Å². The van der Waals surface area contributed by atoms with Crippen molar-refractivity contribution in [2.24, 2.45) is 11.7 Å². The summed E-state index contributed by atoms with van der Waals surface area (Å²) < 4.78 is 5.87. The molecule has 8 heteroatoms. The van der Waals surface area contributed by atoms with Gasteiger partial charge in [-0.25, -0.2) is 4.98 Å². The van der Waals surface area contributed by atoms with Crippen molar-refractivity contribution in [1.82, 2.24) is 14.9 Å². The van der Waals surface area contributed by atoms with Crippen LogP contribution in [-0.2, 0) is 9.59 Å². The van der Waals surface area contributed by atoms with E-state index in [2.05, 4.69) is 21.9 Å². The molecule has 0 radical (unpaired) electrons. The number of nitrogens with two attached hydrogens (primary N) is 1. The van der Waals surface area contributed by atoms with Gasteiger partial charge in [-0.1, -0.05) is 31.4 Å². The minimum atomic E-state index is -0.605. The first-order valence-corrected chi connectivity index (χ1v) is 11.2. The van der Waals surface area contributed by atoms with Crippen LogP contribution in [0.3, 0.4) is 0 Å². The Morgan fingerprint density at radius 2 is 2.10 bits per heavy atom. The monoisotopic (exact) mass is 434 g/mol. The topological polar surface area (TPSA) is 98.4 Å². The number of allylic oxidation sites excluding steroid dienone is 1. The number of hydrogen-bond donors (Lipinski definition) is 1. The average molecular weight is 435 g/mol. The fourth-order valence-corrected chi connectivity index (χ4v) is 4.38. The van der Waals surface area contributed by atoms with E-state index >= 15 is 0 Å². The largest absolute Gasteiger partial charge is 0.476 e. The molecule has 2 N–H and O–H groups in total. The first-order valence-electron chi connectivity index (χ1n) is 10.8. The zero-order valence-corrected chi connectivity index (χ0v) is 18.6. The van der Waals surface area contributed by atoms with Crippen molar-refractivity contribution >= 4 is 28.9 Å². The third-order valence-electron chi connectivity index (χ3n) is 6.00. The van der Waals surface area contributed by atoms with E-state index < -0.39 is 5.92 Å². The molecule has 0 amide bonds. The Bertz CT molecular complexity index is 827. The van der Waals surface area contributed by atoms with Gasteiger partial charge in [0, 0.05) is 24.1 Å². The number of likely N-dealkylation sites (tertiary alicyclic amines) is 1. The molecule has 2 atom stereocenters. The highest BCUT2D eigenvalue weighted by Gasteiger charge is 2.32. The van der Waals surface area contributed by atoms with E-state index in [-0.39, 0.29) is 28.2 Å². The van der Waals surface area contributed by atoms with Crippen LogP contribution < -0.4 is 10.5 Å². The molecule has 0 unspecified atom stereocenters. The first-order chi connectivity index (χ1) is 14.4. The van der Waals surface area contributed by atoms with E-state index in [0.717, 1.165) is 38.6 Å². The number of Topliss-reactive ketones (excluding diaryl/α,β-unsaturated/α-hetero) is 2. The molecular formula is C22H31ClN4O3. The van der Waals surface area contributed by atoms with Gasteiger partial charge < -0.3 is 15.4 Å². The smallest absolute Gasteiger partial charge is 0.218 e. The number of aromatic nitrogens is 2. The number of rotatable bonds is 8. The molecule has 1 saturated carbocycles. The highest BCUT2D eigenvalue weighted by atomic mass is 35.5. The van der Waals surface area contributed by atoms with Crippen molar-refractivity contribution in [3.8, 4) is 5.88 Å². The molecule has 1 aliphatic carbocycles. The molecule has 164 valence electrons. The average Bonchev–Trinajstić information content (AvgIpc) is 3.14. The highest BCUT2D eigenvalue weighted by molar-refractivity contribution is 6.29. The van der Waals surface area contributed by atoms with Gasteiger partial charge in [0.2, 0.25) is 5.88 Å². The molecule has 2 aliphatic rings. The van der Waals surface area contributed by atoms with Crippen molar-refractivity contribution in [3.05, 3.63) is 22.6 Å². The minimum Gasteiger partial charge on any atom is -0.476 e. The SMILES string of the molecule is CCC/C(C(=O)[C@H]1CCCCC1=O)=C(/N)c1nc(Cl)cc(OC[C@@H]2CCCN2C)n1. The zero-order valence-electron chi connectivity index (χ0n) is 17.8. The van der Waals surface area contributed by atoms with Crippen LogP contribution in [0.2, 0.25) is 5.15 Å². The Labute approximate surface area is 183 Å². The maximum Gasteiger partial charge on any atom is 0.218 e. The Morgan fingerprint density at radius 3 is 2.77 bits per heavy atom. The summed E-state index contributed by atoms with van der Waals surface area (Å²) in [4.78, 5) is 36.3. The predicted molar refractivity (Wildman–Crippen MR) is 116 cm³/mol. The van der Waals surface area contributed by atoms with Gasteiger partial charge in [-0.05, 0) is 45.7 Å². The van der Waals surface area contributed by atoms with Crippen LogP contribution in [0.25, 0.3) is 5.70 Å². The van der Waals surface area contributed by atoms with Crippen molar-refractivity contribution in [1.29, 1.82) is 0 Å². The number of ketones is 2. The fourth-order valence-electron chi connectivity index (χ4n) is 4.21. The van der Waals surface area contributed by atoms with Crippen LogP contribution in [0.4, 0.5) is 0 Å². The Morgan fingerprint density at radius 1 is 1.30 bits per heavy atom. The van der Waals surface area contributed by atoms with Gasteiger partial charge in [-0.2, -0.15) is 4.98 Å². The number of ether oxygens (including phenoxy) is 1. The lowest BCUT2D eigenvalue weighted by Crippen LogP contribution is -2.31. The number of halogens is 1. The van der Waals surface area contributed by atoms with Gasteiger partial charge in [0.15, 0.2) is 11.6 Å². The molecule has 1 aromatic heterocycles. The Kier molecular flexibility index (Phi) is 7.83. The van der Waals surface area contributed by atoms with E-state index in [4.69, 9.17) is 22.1 Å². The number of likely N-dealkylation sites (N-methyl/N-ethyl adjacent to an activating group) is 1. The maximum absolute atomic E-state index is 13.1. The van der Waals surface area contributed by atoms with Crippen LogP contribution in [0.5, 0.6) is 5.88 Å². The molecule has 1 aliphatic heterocycles. The second kappa shape index (κ2) is 10.4. The molecule has 30 heavy (non-hydrogen) atoms. The van der Waals surface area contributed by atoms with Crippen molar-refractivity contribution in [3.63, 3.8) is 0 Å². The summed E-state index contributed by atoms with van der Waals surface area (Å²) >= 11 is 6.19. The maximum atomic E-state index is 13.1. The molecule has 0 bridgehead atoms. The number of hydrogen-bond acceptors (Lipinski definition) is 7. The summed E-state index contributed by atoms with van der Waals surface area (Å²) in [5.74, 6) is -0.281. The molecule has 0 spiro atoms. The standard InChI is InChI=1S/C22H31ClN4O3/c1-3-7-16(21(29)15-9-4-5-10-17(15)28)20(24)22-25-18(23)12-19(26-22)30-13-14-8-6-11-27(14)2/h12,14-15H,3-11,13,24H2,1-2H3/b20-16-/t14-,15-/m0/s1. The summed E-state index contributed by atoms with van der Waals surface area (Å²) in [6, 6.07) is 1.89. The lowest BCUT2D eigenvalue weighted by Gasteiger charge is -2.21. The normalized spacial score (nSPS) is 23.4. The Balaban J connectivity index is 1.84. The summed E-state index contributed by atoms with van der Waals surface area (Å²) in [5.41, 5.74) is 6.96. The number of carbonyl (C=O) groups excluding carboxylic acids is 2. The molecule has 0 aromatic carbocycles. The molecule has 1 saturated heterocycles. The first kappa shape index (κ1) is 22.7. The van der Waals surface area contributed by atoms with Crippen molar-refractivity contribution in [2.75, 3.05) is 20.2 Å². The number of nitrogens with zero attached hydrogens (tertiary/aromatic N) is 3. The minimum absolute atomic E-state index is 0.00405. The number of carbonyl (C=O) groups is 2. The van der Waals surface area contributed by atoms with E-state index in [1.165, 1.54) is 0 Å². The molecule has 2 fully saturated rings. The van der Waals surface area contributed by atoms with Crippen LogP contribution in [0, 0.1) is 5.92 Å². The molecule has 7 nitrogen and oxygen atoms in total. The van der Waals surface area contributed by atoms with Crippen LogP contribution >= 0.6 is 11.6 Å².